The van der Waals surface area contributed by atoms with Crippen LogP contribution in [0.3, 0.4) is 0 Å². The van der Waals surface area contributed by atoms with Crippen LogP contribution in [-0.2, 0) is 4.79 Å². The molecular formula is C27H33N5O4. The lowest BCUT2D eigenvalue weighted by molar-refractivity contribution is -0.119. The lowest BCUT2D eigenvalue weighted by atomic mass is 9.85. The van der Waals surface area contributed by atoms with Crippen molar-refractivity contribution in [3.8, 4) is 22.8 Å². The van der Waals surface area contributed by atoms with Crippen molar-refractivity contribution in [1.82, 2.24) is 20.3 Å². The van der Waals surface area contributed by atoms with E-state index in [1.165, 1.54) is 12.8 Å². The van der Waals surface area contributed by atoms with E-state index in [0.29, 0.717) is 57.8 Å². The van der Waals surface area contributed by atoms with Gasteiger partial charge in [-0.25, -0.2) is 9.97 Å². The largest absolute Gasteiger partial charge is 0.497 e. The molecule has 2 aliphatic rings. The van der Waals surface area contributed by atoms with Gasteiger partial charge in [0.15, 0.2) is 0 Å². The first-order valence-electron chi connectivity index (χ1n) is 12.6. The van der Waals surface area contributed by atoms with Gasteiger partial charge in [-0.3, -0.25) is 9.59 Å². The summed E-state index contributed by atoms with van der Waals surface area (Å²) >= 11 is 0. The van der Waals surface area contributed by atoms with Gasteiger partial charge in [-0.2, -0.15) is 0 Å². The number of amides is 2. The fraction of sp³-hybridized carbons (Fsp3) is 0.481. The number of hydrogen-bond donors (Lipinski definition) is 3. The van der Waals surface area contributed by atoms with Gasteiger partial charge in [0.25, 0.3) is 5.91 Å². The van der Waals surface area contributed by atoms with E-state index in [-0.39, 0.29) is 17.9 Å². The average molecular weight is 492 g/mol. The van der Waals surface area contributed by atoms with Gasteiger partial charge < -0.3 is 25.5 Å². The maximum absolute atomic E-state index is 12.4. The number of aryl methyl sites for hydroxylation is 1. The fourth-order valence-corrected chi connectivity index (χ4v) is 5.10. The molecule has 2 fully saturated rings. The van der Waals surface area contributed by atoms with Crippen LogP contribution in [0.1, 0.15) is 73.2 Å². The van der Waals surface area contributed by atoms with Crippen LogP contribution in [0.15, 0.2) is 18.2 Å². The number of hydrogen-bond acceptors (Lipinski definition) is 6. The summed E-state index contributed by atoms with van der Waals surface area (Å²) in [6.45, 7) is 4.01. The first kappa shape index (κ1) is 24.1. The zero-order chi connectivity index (χ0) is 25.4. The highest BCUT2D eigenvalue weighted by atomic mass is 16.5. The van der Waals surface area contributed by atoms with Crippen LogP contribution in [0, 0.1) is 12.8 Å². The van der Waals surface area contributed by atoms with E-state index in [1.54, 1.807) is 14.0 Å². The number of fused-ring (bicyclic) bond motifs is 1. The first-order valence-corrected chi connectivity index (χ1v) is 12.6. The summed E-state index contributed by atoms with van der Waals surface area (Å²) in [6.07, 6.45) is 5.76. The molecule has 0 spiro atoms. The Balaban J connectivity index is 1.60. The zero-order valence-electron chi connectivity index (χ0n) is 21.0. The SMILES string of the molecule is COc1ccc(-c2nc(C3CCC(NC(C)=O)CC3)nc3c(C(N)=O)c(C)[nH]c23)c(OCC2CC2)c1. The van der Waals surface area contributed by atoms with E-state index in [0.717, 1.165) is 31.2 Å². The average Bonchev–Trinajstić information content (AvgIpc) is 3.62. The molecule has 0 radical (unpaired) electrons. The smallest absolute Gasteiger partial charge is 0.252 e. The van der Waals surface area contributed by atoms with Crippen LogP contribution in [0.25, 0.3) is 22.3 Å². The Morgan fingerprint density at radius 2 is 1.89 bits per heavy atom. The summed E-state index contributed by atoms with van der Waals surface area (Å²) in [4.78, 5) is 37.1. The van der Waals surface area contributed by atoms with Gasteiger partial charge in [0.05, 0.1) is 24.8 Å². The van der Waals surface area contributed by atoms with Crippen molar-refractivity contribution in [3.63, 3.8) is 0 Å². The van der Waals surface area contributed by atoms with E-state index in [9.17, 15) is 9.59 Å². The topological polar surface area (TPSA) is 132 Å². The number of benzene rings is 1. The molecule has 0 atom stereocenters. The number of methoxy groups -OCH3 is 1. The van der Waals surface area contributed by atoms with E-state index in [1.807, 2.05) is 25.1 Å². The Bertz CT molecular complexity index is 1310. The maximum atomic E-state index is 12.4. The molecule has 2 heterocycles. The molecule has 3 aromatic rings. The summed E-state index contributed by atoms with van der Waals surface area (Å²) in [5, 5.41) is 3.02. The van der Waals surface area contributed by atoms with E-state index in [4.69, 9.17) is 25.2 Å². The normalized spacial score (nSPS) is 19.8. The highest BCUT2D eigenvalue weighted by Gasteiger charge is 2.29. The Morgan fingerprint density at radius 3 is 2.53 bits per heavy atom. The number of ether oxygens (including phenoxy) is 2. The minimum absolute atomic E-state index is 0.00876. The first-order chi connectivity index (χ1) is 17.3. The number of nitrogens with zero attached hydrogens (tertiary/aromatic N) is 2. The molecule has 190 valence electrons. The molecule has 0 bridgehead atoms. The molecule has 0 aliphatic heterocycles. The predicted molar refractivity (Wildman–Crippen MR) is 136 cm³/mol. The number of aromatic amines is 1. The number of rotatable bonds is 8. The minimum Gasteiger partial charge on any atom is -0.497 e. The monoisotopic (exact) mass is 491 g/mol. The van der Waals surface area contributed by atoms with Gasteiger partial charge in [-0.15, -0.1) is 0 Å². The minimum atomic E-state index is -0.524. The summed E-state index contributed by atoms with van der Waals surface area (Å²) in [6, 6.07) is 5.88. The molecule has 36 heavy (non-hydrogen) atoms. The van der Waals surface area contributed by atoms with E-state index >= 15 is 0 Å². The summed E-state index contributed by atoms with van der Waals surface area (Å²) in [5.41, 5.74) is 9.51. The van der Waals surface area contributed by atoms with E-state index < -0.39 is 5.91 Å². The Kier molecular flexibility index (Phi) is 6.55. The Labute approximate surface area is 210 Å². The second-order valence-electron chi connectivity index (χ2n) is 10.0. The summed E-state index contributed by atoms with van der Waals surface area (Å²) in [7, 11) is 1.63. The van der Waals surface area contributed by atoms with E-state index in [2.05, 4.69) is 10.3 Å². The standard InChI is InChI=1S/C27H33N5O4/c1-14-22(26(28)34)24-25(29-14)23(20-11-10-19(35-3)12-21(20)36-13-16-4-5-16)31-27(32-24)17-6-8-18(9-7-17)30-15(2)33/h10-12,16-18,29H,4-9,13H2,1-3H3,(H2,28,34)(H,30,33). The van der Waals surface area contributed by atoms with Gasteiger partial charge in [0.2, 0.25) is 5.91 Å². The molecule has 0 unspecified atom stereocenters. The lowest BCUT2D eigenvalue weighted by Gasteiger charge is -2.28. The molecule has 0 saturated heterocycles. The van der Waals surface area contributed by atoms with Crippen LogP contribution < -0.4 is 20.5 Å². The van der Waals surface area contributed by atoms with Gasteiger partial charge in [-0.1, -0.05) is 0 Å². The van der Waals surface area contributed by atoms with Crippen molar-refractivity contribution in [2.45, 2.75) is 64.3 Å². The highest BCUT2D eigenvalue weighted by molar-refractivity contribution is 6.08. The molecular weight excluding hydrogens is 458 g/mol. The third-order valence-corrected chi connectivity index (χ3v) is 7.21. The number of primary amides is 1. The predicted octanol–water partition coefficient (Wildman–Crippen LogP) is 3.99. The highest BCUT2D eigenvalue weighted by Crippen LogP contribution is 2.40. The second kappa shape index (κ2) is 9.79. The molecule has 1 aromatic carbocycles. The van der Waals surface area contributed by atoms with Crippen molar-refractivity contribution < 1.29 is 19.1 Å². The number of carbonyl (C=O) groups is 2. The fourth-order valence-electron chi connectivity index (χ4n) is 5.10. The maximum Gasteiger partial charge on any atom is 0.252 e. The van der Waals surface area contributed by atoms with Crippen LogP contribution in [-0.4, -0.2) is 46.5 Å². The summed E-state index contributed by atoms with van der Waals surface area (Å²) in [5.74, 6) is 2.24. The zero-order valence-corrected chi connectivity index (χ0v) is 21.0. The molecule has 9 heteroatoms. The number of carbonyl (C=O) groups excluding carboxylic acids is 2. The van der Waals surface area contributed by atoms with Crippen LogP contribution in [0.4, 0.5) is 0 Å². The quantitative estimate of drug-likeness (QED) is 0.436. The van der Waals surface area contributed by atoms with Crippen molar-refractivity contribution in [1.29, 1.82) is 0 Å². The molecule has 2 aromatic heterocycles. The third kappa shape index (κ3) is 4.87. The van der Waals surface area contributed by atoms with Crippen LogP contribution >= 0.6 is 0 Å². The van der Waals surface area contributed by atoms with Gasteiger partial charge in [0.1, 0.15) is 28.5 Å². The number of nitrogens with two attached hydrogens (primary N) is 1. The van der Waals surface area contributed by atoms with Gasteiger partial charge >= 0.3 is 0 Å². The van der Waals surface area contributed by atoms with Crippen molar-refractivity contribution in [2.24, 2.45) is 11.7 Å². The van der Waals surface area contributed by atoms with Crippen molar-refractivity contribution in [3.05, 3.63) is 35.3 Å². The lowest BCUT2D eigenvalue weighted by Crippen LogP contribution is -2.36. The van der Waals surface area contributed by atoms with Crippen molar-refractivity contribution in [2.75, 3.05) is 13.7 Å². The molecule has 2 aliphatic carbocycles. The van der Waals surface area contributed by atoms with Crippen LogP contribution in [0.5, 0.6) is 11.5 Å². The molecule has 4 N–H and O–H groups in total. The Morgan fingerprint density at radius 1 is 1.14 bits per heavy atom. The molecule has 2 saturated carbocycles. The summed E-state index contributed by atoms with van der Waals surface area (Å²) < 4.78 is 11.7. The van der Waals surface area contributed by atoms with Gasteiger partial charge in [-0.05, 0) is 63.5 Å². The molecule has 5 rings (SSSR count). The molecule has 9 nitrogen and oxygen atoms in total. The number of H-pyrrole nitrogens is 1. The van der Waals surface area contributed by atoms with Gasteiger partial charge in [0, 0.05) is 36.2 Å². The third-order valence-electron chi connectivity index (χ3n) is 7.21. The molecule has 2 amide bonds. The number of nitrogens with one attached hydrogen (secondary N) is 2. The van der Waals surface area contributed by atoms with Crippen molar-refractivity contribution >= 4 is 22.8 Å². The second-order valence-corrected chi connectivity index (χ2v) is 10.0. The number of aromatic nitrogens is 3. The Hall–Kier alpha value is -3.62. The van der Waals surface area contributed by atoms with Crippen LogP contribution in [0.2, 0.25) is 0 Å².